The van der Waals surface area contributed by atoms with Crippen molar-refractivity contribution in [3.8, 4) is 5.82 Å². The van der Waals surface area contributed by atoms with Crippen molar-refractivity contribution in [2.45, 2.75) is 90.4 Å². The van der Waals surface area contributed by atoms with Crippen molar-refractivity contribution in [2.75, 3.05) is 50.9 Å². The minimum atomic E-state index is -1.21. The number of carbonyl (C=O) groups is 1. The average molecular weight is 625 g/mol. The number of alkyl halides is 1. The highest BCUT2D eigenvalue weighted by atomic mass is 19.1. The number of hydrogen-bond donors (Lipinski definition) is 0. The molecule has 3 aliphatic heterocycles. The monoisotopic (exact) mass is 624 g/mol. The number of aryl methyl sites for hydroxylation is 2. The van der Waals surface area contributed by atoms with Gasteiger partial charge in [-0.2, -0.15) is 5.10 Å². The smallest absolute Gasteiger partial charge is 0.410 e. The molecule has 0 aliphatic carbocycles. The van der Waals surface area contributed by atoms with Crippen LogP contribution in [-0.4, -0.2) is 101 Å². The summed E-state index contributed by atoms with van der Waals surface area (Å²) in [4.78, 5) is 25.6. The molecule has 6 rings (SSSR count). The van der Waals surface area contributed by atoms with Crippen LogP contribution < -0.4 is 4.90 Å². The molecule has 3 aromatic rings. The molecule has 12 heteroatoms. The standard InChI is InChI=1S/C33H45FN6O5/c1-21-14-23-17-35-40(28(23)15-26(21)25-9-10-38(20-27(25)34)32(41)45-33(3,4)5)30-16-29(36-22(2)37-30)39-18-24(19-39)42-12-13-44-31-8-6-7-11-43-31/h14-17,24-25,27,31H,6-13,18-20H2,1-5H3/t25-,27-,31?/m1/s1. The molecule has 0 bridgehead atoms. The molecule has 11 nitrogen and oxygen atoms in total. The highest BCUT2D eigenvalue weighted by Gasteiger charge is 2.35. The number of ether oxygens (including phenoxy) is 4. The minimum absolute atomic E-state index is 0.00723. The average Bonchev–Trinajstić information content (AvgIpc) is 3.37. The molecule has 3 atom stereocenters. The van der Waals surface area contributed by atoms with Crippen LogP contribution in [0.15, 0.2) is 24.4 Å². The van der Waals surface area contributed by atoms with Gasteiger partial charge in [0.25, 0.3) is 0 Å². The lowest BCUT2D eigenvalue weighted by atomic mass is 9.85. The summed E-state index contributed by atoms with van der Waals surface area (Å²) in [6.45, 7) is 13.1. The summed E-state index contributed by atoms with van der Waals surface area (Å²) >= 11 is 0. The lowest BCUT2D eigenvalue weighted by Gasteiger charge is -2.40. The Balaban J connectivity index is 1.11. The molecule has 244 valence electrons. The fourth-order valence-corrected chi connectivity index (χ4v) is 6.31. The van der Waals surface area contributed by atoms with E-state index in [-0.39, 0.29) is 24.9 Å². The maximum atomic E-state index is 15.6. The first-order chi connectivity index (χ1) is 21.5. The summed E-state index contributed by atoms with van der Waals surface area (Å²) in [6.07, 6.45) is 3.86. The number of benzene rings is 1. The normalized spacial score (nSPS) is 22.9. The van der Waals surface area contributed by atoms with E-state index in [0.717, 1.165) is 66.8 Å². The second-order valence-electron chi connectivity index (χ2n) is 13.4. The van der Waals surface area contributed by atoms with E-state index in [1.807, 2.05) is 52.9 Å². The Bertz CT molecular complexity index is 1500. The van der Waals surface area contributed by atoms with Gasteiger partial charge < -0.3 is 28.7 Å². The molecule has 2 aromatic heterocycles. The largest absolute Gasteiger partial charge is 0.444 e. The molecule has 0 radical (unpaired) electrons. The molecular formula is C33H45FN6O5. The van der Waals surface area contributed by atoms with Crippen molar-refractivity contribution in [3.63, 3.8) is 0 Å². The van der Waals surface area contributed by atoms with Gasteiger partial charge in [0.2, 0.25) is 0 Å². The Labute approximate surface area is 264 Å². The number of anilines is 1. The second-order valence-corrected chi connectivity index (χ2v) is 13.4. The van der Waals surface area contributed by atoms with Gasteiger partial charge in [0.1, 0.15) is 23.4 Å². The van der Waals surface area contributed by atoms with Crippen molar-refractivity contribution in [2.24, 2.45) is 0 Å². The topological polar surface area (TPSA) is 104 Å². The summed E-state index contributed by atoms with van der Waals surface area (Å²) in [5.41, 5.74) is 2.16. The summed E-state index contributed by atoms with van der Waals surface area (Å²) in [5.74, 6) is 1.78. The van der Waals surface area contributed by atoms with Crippen LogP contribution in [0.3, 0.4) is 0 Å². The SMILES string of the molecule is Cc1nc(N2CC(OCCOC3CCCCO3)C2)cc(-n2ncc3cc(C)c([C@H]4CCN(C(=O)OC(C)(C)C)C[C@H]4F)cc32)n1. The Morgan fingerprint density at radius 1 is 1.02 bits per heavy atom. The van der Waals surface area contributed by atoms with E-state index < -0.39 is 17.9 Å². The van der Waals surface area contributed by atoms with Gasteiger partial charge >= 0.3 is 6.09 Å². The summed E-state index contributed by atoms with van der Waals surface area (Å²) in [7, 11) is 0. The van der Waals surface area contributed by atoms with Crippen molar-refractivity contribution in [1.29, 1.82) is 0 Å². The van der Waals surface area contributed by atoms with Crippen LogP contribution in [0.1, 0.15) is 69.3 Å². The van der Waals surface area contributed by atoms with E-state index in [4.69, 9.17) is 23.9 Å². The maximum absolute atomic E-state index is 15.6. The van der Waals surface area contributed by atoms with Crippen LogP contribution in [0, 0.1) is 13.8 Å². The first kappa shape index (κ1) is 31.6. The highest BCUT2D eigenvalue weighted by molar-refractivity contribution is 5.82. The Morgan fingerprint density at radius 2 is 1.80 bits per heavy atom. The van der Waals surface area contributed by atoms with Crippen molar-refractivity contribution in [3.05, 3.63) is 41.3 Å². The second kappa shape index (κ2) is 13.2. The number of rotatable bonds is 8. The third-order valence-electron chi connectivity index (χ3n) is 8.63. The van der Waals surface area contributed by atoms with E-state index in [0.29, 0.717) is 37.8 Å². The fraction of sp³-hybridized carbons (Fsp3) is 0.636. The summed E-state index contributed by atoms with van der Waals surface area (Å²) in [6, 6.07) is 6.02. The number of likely N-dealkylation sites (tertiary alicyclic amines) is 1. The van der Waals surface area contributed by atoms with E-state index in [1.54, 1.807) is 4.68 Å². The van der Waals surface area contributed by atoms with Crippen molar-refractivity contribution < 1.29 is 28.1 Å². The molecular weight excluding hydrogens is 579 g/mol. The number of amides is 1. The molecule has 3 fully saturated rings. The van der Waals surface area contributed by atoms with Crippen LogP contribution in [0.25, 0.3) is 16.7 Å². The molecule has 3 aliphatic rings. The van der Waals surface area contributed by atoms with Crippen LogP contribution >= 0.6 is 0 Å². The number of hydrogen-bond acceptors (Lipinski definition) is 9. The van der Waals surface area contributed by atoms with Gasteiger partial charge in [-0.1, -0.05) is 0 Å². The zero-order valence-electron chi connectivity index (χ0n) is 27.0. The third kappa shape index (κ3) is 7.39. The van der Waals surface area contributed by atoms with Crippen LogP contribution in [0.4, 0.5) is 15.0 Å². The molecule has 3 saturated heterocycles. The van der Waals surface area contributed by atoms with E-state index >= 15 is 4.39 Å². The Morgan fingerprint density at radius 3 is 2.53 bits per heavy atom. The summed E-state index contributed by atoms with van der Waals surface area (Å²) < 4.78 is 40.3. The lowest BCUT2D eigenvalue weighted by Crippen LogP contribution is -2.53. The van der Waals surface area contributed by atoms with E-state index in [1.165, 1.54) is 4.90 Å². The number of nitrogens with zero attached hydrogens (tertiary/aromatic N) is 6. The number of fused-ring (bicyclic) bond motifs is 1. The number of halogens is 1. The first-order valence-corrected chi connectivity index (χ1v) is 16.1. The molecule has 0 N–H and O–H groups in total. The molecule has 1 aromatic carbocycles. The van der Waals surface area contributed by atoms with Gasteiger partial charge in [0.05, 0.1) is 37.6 Å². The predicted octanol–water partition coefficient (Wildman–Crippen LogP) is 5.24. The molecule has 45 heavy (non-hydrogen) atoms. The summed E-state index contributed by atoms with van der Waals surface area (Å²) in [5, 5.41) is 5.62. The minimum Gasteiger partial charge on any atom is -0.444 e. The quantitative estimate of drug-likeness (QED) is 0.311. The van der Waals surface area contributed by atoms with Gasteiger partial charge in [0, 0.05) is 43.6 Å². The lowest BCUT2D eigenvalue weighted by molar-refractivity contribution is -0.171. The molecule has 0 saturated carbocycles. The number of carbonyl (C=O) groups excluding carboxylic acids is 1. The van der Waals surface area contributed by atoms with Crippen molar-refractivity contribution in [1.82, 2.24) is 24.6 Å². The van der Waals surface area contributed by atoms with Crippen LogP contribution in [-0.2, 0) is 18.9 Å². The Hall–Kier alpha value is -3.35. The van der Waals surface area contributed by atoms with Gasteiger partial charge in [-0.25, -0.2) is 23.8 Å². The first-order valence-electron chi connectivity index (χ1n) is 16.1. The molecule has 1 amide bonds. The molecule has 1 unspecified atom stereocenters. The molecule has 5 heterocycles. The van der Waals surface area contributed by atoms with E-state index in [9.17, 15) is 4.79 Å². The maximum Gasteiger partial charge on any atom is 0.410 e. The predicted molar refractivity (Wildman–Crippen MR) is 168 cm³/mol. The Kier molecular flexibility index (Phi) is 9.26. The van der Waals surface area contributed by atoms with Gasteiger partial charge in [0.15, 0.2) is 12.1 Å². The van der Waals surface area contributed by atoms with Gasteiger partial charge in [-0.05, 0) is 83.6 Å². The fourth-order valence-electron chi connectivity index (χ4n) is 6.31. The van der Waals surface area contributed by atoms with Crippen LogP contribution in [0.2, 0.25) is 0 Å². The zero-order valence-corrected chi connectivity index (χ0v) is 27.0. The zero-order chi connectivity index (χ0) is 31.7. The highest BCUT2D eigenvalue weighted by Crippen LogP contribution is 2.36. The van der Waals surface area contributed by atoms with Crippen molar-refractivity contribution >= 4 is 22.8 Å². The third-order valence-corrected chi connectivity index (χ3v) is 8.63. The van der Waals surface area contributed by atoms with Crippen LogP contribution in [0.5, 0.6) is 0 Å². The number of piperidine rings is 1. The molecule has 0 spiro atoms. The number of aromatic nitrogens is 4. The van der Waals surface area contributed by atoms with Gasteiger partial charge in [-0.15, -0.1) is 0 Å². The van der Waals surface area contributed by atoms with E-state index in [2.05, 4.69) is 21.0 Å². The van der Waals surface area contributed by atoms with Gasteiger partial charge in [-0.3, -0.25) is 0 Å².